The van der Waals surface area contributed by atoms with Crippen LogP contribution in [0.15, 0.2) is 49.1 Å². The summed E-state index contributed by atoms with van der Waals surface area (Å²) in [6.45, 7) is 0. The fourth-order valence-electron chi connectivity index (χ4n) is 1.29. The van der Waals surface area contributed by atoms with Crippen molar-refractivity contribution in [3.63, 3.8) is 0 Å². The Morgan fingerprint density at radius 3 is 2.13 bits per heavy atom. The lowest BCUT2D eigenvalue weighted by molar-refractivity contribution is -0.545. The lowest BCUT2D eigenvalue weighted by Gasteiger charge is -1.98. The molecule has 4 heteroatoms. The maximum absolute atomic E-state index is 4.94. The first kappa shape index (κ1) is 10.3. The average Bonchev–Trinajstić information content (AvgIpc) is 2.30. The van der Waals surface area contributed by atoms with E-state index in [1.54, 1.807) is 17.0 Å². The van der Waals surface area contributed by atoms with E-state index >= 15 is 0 Å². The van der Waals surface area contributed by atoms with Crippen LogP contribution in [0.4, 0.5) is 0 Å². The molecule has 0 amide bonds. The predicted molar refractivity (Wildman–Crippen MR) is 66.9 cm³/mol. The maximum atomic E-state index is 4.94. The molecule has 2 aromatic heterocycles. The van der Waals surface area contributed by atoms with Gasteiger partial charge in [0.25, 0.3) is 0 Å². The van der Waals surface area contributed by atoms with Crippen LogP contribution in [0.25, 0.3) is 11.1 Å². The van der Waals surface area contributed by atoms with E-state index in [9.17, 15) is 0 Å². The van der Waals surface area contributed by atoms with E-state index in [2.05, 4.69) is 17.6 Å². The molecule has 0 aliphatic carbocycles. The summed E-state index contributed by atoms with van der Waals surface area (Å²) in [4.78, 5) is 3.98. The molecule has 0 aromatic carbocycles. The third-order valence-electron chi connectivity index (χ3n) is 2.06. The molecule has 2 rings (SSSR count). The smallest absolute Gasteiger partial charge is 0.265 e. The summed E-state index contributed by atoms with van der Waals surface area (Å²) < 4.78 is 2.32. The van der Waals surface area contributed by atoms with Crippen molar-refractivity contribution < 1.29 is 4.57 Å². The van der Waals surface area contributed by atoms with Crippen molar-refractivity contribution in [2.24, 2.45) is 0 Å². The zero-order valence-corrected chi connectivity index (χ0v) is 9.58. The Morgan fingerprint density at radius 2 is 1.60 bits per heavy atom. The molecule has 0 unspecified atom stereocenters. The molecular weight excluding hydrogens is 224 g/mol. The van der Waals surface area contributed by atoms with Gasteiger partial charge in [-0.15, -0.1) is 0 Å². The largest absolute Gasteiger partial charge is 0.309 e. The van der Waals surface area contributed by atoms with E-state index in [1.807, 2.05) is 36.7 Å². The van der Waals surface area contributed by atoms with Gasteiger partial charge in [0, 0.05) is 36.7 Å². The number of thiocarbonyl (C=S) groups is 1. The van der Waals surface area contributed by atoms with Crippen molar-refractivity contribution in [2.45, 2.75) is 0 Å². The van der Waals surface area contributed by atoms with E-state index < -0.39 is 0 Å². The van der Waals surface area contributed by atoms with Gasteiger partial charge in [0.15, 0.2) is 12.4 Å². The summed E-state index contributed by atoms with van der Waals surface area (Å²) in [6, 6.07) is 7.94. The van der Waals surface area contributed by atoms with Crippen molar-refractivity contribution >= 4 is 29.2 Å². The predicted octanol–water partition coefficient (Wildman–Crippen LogP) is 2.10. The summed E-state index contributed by atoms with van der Waals surface area (Å²) in [7, 11) is 0. The zero-order valence-electron chi connectivity index (χ0n) is 7.87. The minimum Gasteiger partial charge on any atom is -0.265 e. The van der Waals surface area contributed by atoms with Gasteiger partial charge in [-0.3, -0.25) is 4.98 Å². The highest BCUT2D eigenvalue weighted by Crippen LogP contribution is 2.15. The van der Waals surface area contributed by atoms with Gasteiger partial charge in [-0.05, 0) is 23.3 Å². The number of rotatable bonds is 1. The Hall–Kier alpha value is -1.26. The maximum Gasteiger partial charge on any atom is 0.309 e. The topological polar surface area (TPSA) is 16.8 Å². The molecule has 15 heavy (non-hydrogen) atoms. The number of nitrogens with zero attached hydrogens (tertiary/aromatic N) is 2. The zero-order chi connectivity index (χ0) is 10.7. The molecule has 0 saturated heterocycles. The fourth-order valence-corrected chi connectivity index (χ4v) is 1.55. The van der Waals surface area contributed by atoms with Gasteiger partial charge >= 0.3 is 4.32 Å². The summed E-state index contributed by atoms with van der Waals surface area (Å²) in [6.07, 6.45) is 7.34. The second-order valence-electron chi connectivity index (χ2n) is 3.01. The second kappa shape index (κ2) is 4.51. The molecule has 0 fully saturated rings. The highest BCUT2D eigenvalue weighted by Gasteiger charge is 2.04. The molecular formula is C11H9N2S2+. The first-order chi connectivity index (χ1) is 7.27. The molecule has 0 spiro atoms. The third kappa shape index (κ3) is 2.40. The summed E-state index contributed by atoms with van der Waals surface area (Å²) in [5.41, 5.74) is 2.28. The molecule has 0 aliphatic rings. The van der Waals surface area contributed by atoms with E-state index in [4.69, 9.17) is 12.2 Å². The standard InChI is InChI=1S/C11H8N2S2/c14-11(15)13-7-3-10(4-8-13)9-1-5-12-6-2-9/h1-8H/p+1. The molecule has 2 nitrogen and oxygen atoms in total. The molecule has 0 N–H and O–H groups in total. The lowest BCUT2D eigenvalue weighted by atomic mass is 10.1. The SMILES string of the molecule is S=C(S)[n+]1ccc(-c2ccncc2)cc1. The second-order valence-corrected chi connectivity index (χ2v) is 4.13. The molecule has 0 atom stereocenters. The van der Waals surface area contributed by atoms with Crippen LogP contribution in [0.2, 0.25) is 0 Å². The van der Waals surface area contributed by atoms with Crippen LogP contribution in [0.1, 0.15) is 0 Å². The van der Waals surface area contributed by atoms with Gasteiger partial charge in [0.05, 0.1) is 0 Å². The molecule has 74 valence electrons. The first-order valence-electron chi connectivity index (χ1n) is 4.42. The van der Waals surface area contributed by atoms with E-state index in [1.165, 1.54) is 0 Å². The Bertz CT molecular complexity index is 466. The van der Waals surface area contributed by atoms with Gasteiger partial charge in [-0.25, -0.2) is 0 Å². The molecule has 0 radical (unpaired) electrons. The average molecular weight is 233 g/mol. The number of aromatic nitrogens is 2. The van der Waals surface area contributed by atoms with Crippen LogP contribution < -0.4 is 4.57 Å². The van der Waals surface area contributed by atoms with Crippen molar-refractivity contribution in [1.82, 2.24) is 4.98 Å². The quantitative estimate of drug-likeness (QED) is 0.461. The van der Waals surface area contributed by atoms with Crippen molar-refractivity contribution in [3.8, 4) is 11.1 Å². The lowest BCUT2D eigenvalue weighted by Crippen LogP contribution is -2.36. The van der Waals surface area contributed by atoms with Gasteiger partial charge in [0.2, 0.25) is 0 Å². The van der Waals surface area contributed by atoms with Gasteiger partial charge < -0.3 is 0 Å². The molecule has 2 heterocycles. The van der Waals surface area contributed by atoms with Crippen LogP contribution in [-0.2, 0) is 0 Å². The Balaban J connectivity index is 2.36. The third-order valence-corrected chi connectivity index (χ3v) is 2.51. The van der Waals surface area contributed by atoms with Gasteiger partial charge in [0.1, 0.15) is 0 Å². The number of hydrogen-bond donors (Lipinski definition) is 1. The van der Waals surface area contributed by atoms with Crippen LogP contribution in [0.5, 0.6) is 0 Å². The molecule has 0 aliphatic heterocycles. The number of thiol groups is 1. The van der Waals surface area contributed by atoms with Crippen LogP contribution in [0.3, 0.4) is 0 Å². The molecule has 0 saturated carbocycles. The Kier molecular flexibility index (Phi) is 3.08. The highest BCUT2D eigenvalue weighted by molar-refractivity contribution is 8.10. The van der Waals surface area contributed by atoms with Crippen LogP contribution in [0, 0.1) is 0 Å². The van der Waals surface area contributed by atoms with Gasteiger partial charge in [-0.1, -0.05) is 12.6 Å². The monoisotopic (exact) mass is 233 g/mol. The molecule has 0 bridgehead atoms. The summed E-state index contributed by atoms with van der Waals surface area (Å²) >= 11 is 9.03. The van der Waals surface area contributed by atoms with E-state index in [0.29, 0.717) is 4.32 Å². The fraction of sp³-hybridized carbons (Fsp3) is 0. The van der Waals surface area contributed by atoms with Crippen molar-refractivity contribution in [2.75, 3.05) is 0 Å². The van der Waals surface area contributed by atoms with E-state index in [-0.39, 0.29) is 0 Å². The highest BCUT2D eigenvalue weighted by atomic mass is 32.1. The number of pyridine rings is 2. The van der Waals surface area contributed by atoms with Crippen LogP contribution >= 0.6 is 24.8 Å². The molecule has 2 aromatic rings. The number of hydrogen-bond acceptors (Lipinski definition) is 2. The summed E-state index contributed by atoms with van der Waals surface area (Å²) in [5, 5.41) is 0. The van der Waals surface area contributed by atoms with Crippen LogP contribution in [-0.4, -0.2) is 9.30 Å². The minimum absolute atomic E-state index is 0.538. The normalized spacial score (nSPS) is 9.93. The first-order valence-corrected chi connectivity index (χ1v) is 5.28. The van der Waals surface area contributed by atoms with Crippen molar-refractivity contribution in [1.29, 1.82) is 0 Å². The minimum atomic E-state index is 0.538. The van der Waals surface area contributed by atoms with Gasteiger partial charge in [-0.2, -0.15) is 4.57 Å². The summed E-state index contributed by atoms with van der Waals surface area (Å²) in [5.74, 6) is 0. The van der Waals surface area contributed by atoms with Crippen molar-refractivity contribution in [3.05, 3.63) is 49.1 Å². The Labute approximate surface area is 99.0 Å². The Morgan fingerprint density at radius 1 is 1.07 bits per heavy atom. The van der Waals surface area contributed by atoms with E-state index in [0.717, 1.165) is 11.1 Å².